The number of benzene rings is 2. The zero-order valence-corrected chi connectivity index (χ0v) is 18.8. The maximum absolute atomic E-state index is 14.4. The zero-order chi connectivity index (χ0) is 19.6. The molecule has 0 amide bonds. The molecule has 0 spiro atoms. The van der Waals surface area contributed by atoms with Crippen LogP contribution in [0.4, 0.5) is 4.39 Å². The minimum absolute atomic E-state index is 0. The van der Waals surface area contributed by atoms with E-state index in [1.807, 2.05) is 6.07 Å². The van der Waals surface area contributed by atoms with E-state index in [9.17, 15) is 4.39 Å². The molecule has 3 aromatic rings. The minimum atomic E-state index is -0.609. The average molecular weight is 530 g/mol. The first-order valence-corrected chi connectivity index (χ1v) is 10.0. The van der Waals surface area contributed by atoms with E-state index >= 15 is 0 Å². The Morgan fingerprint density at radius 1 is 1.18 bits per heavy atom. The Balaban J connectivity index is 0.00000280. The van der Waals surface area contributed by atoms with Gasteiger partial charge >= 0.3 is 0 Å². The summed E-state index contributed by atoms with van der Waals surface area (Å²) in [4.78, 5) is 0. The van der Waals surface area contributed by atoms with E-state index in [0.717, 1.165) is 10.0 Å². The lowest BCUT2D eigenvalue weighted by atomic mass is 10.2. The number of nitrogens with zero attached hydrogens (tertiary/aromatic N) is 2. The van der Waals surface area contributed by atoms with Crippen molar-refractivity contribution in [2.45, 2.75) is 6.04 Å². The van der Waals surface area contributed by atoms with E-state index in [0.29, 0.717) is 20.6 Å². The number of halogens is 5. The summed E-state index contributed by atoms with van der Waals surface area (Å²) in [6.07, 6.45) is 0. The molecule has 0 bridgehead atoms. The maximum Gasteiger partial charge on any atom is 0.165 e. The first-order chi connectivity index (χ1) is 12.9. The van der Waals surface area contributed by atoms with E-state index in [2.05, 4.69) is 26.1 Å². The van der Waals surface area contributed by atoms with E-state index < -0.39 is 11.9 Å². The number of ether oxygens (including phenoxy) is 1. The highest BCUT2D eigenvalue weighted by molar-refractivity contribution is 9.10. The van der Waals surface area contributed by atoms with Gasteiger partial charge in [-0.15, -0.1) is 22.6 Å². The van der Waals surface area contributed by atoms with Crippen LogP contribution >= 0.6 is 62.9 Å². The summed E-state index contributed by atoms with van der Waals surface area (Å²) in [7, 11) is 0. The van der Waals surface area contributed by atoms with Gasteiger partial charge in [-0.05, 0) is 24.3 Å². The van der Waals surface area contributed by atoms with Gasteiger partial charge in [0.05, 0.1) is 17.7 Å². The number of aliphatic hydroxyl groups excluding tert-OH is 1. The van der Waals surface area contributed by atoms with Gasteiger partial charge in [-0.25, -0.2) is 4.39 Å². The van der Waals surface area contributed by atoms with Gasteiger partial charge in [0.1, 0.15) is 16.6 Å². The second kappa shape index (κ2) is 10.2. The van der Waals surface area contributed by atoms with Crippen LogP contribution < -0.4 is 10.5 Å². The number of aliphatic hydroxyl groups is 1. The van der Waals surface area contributed by atoms with Crippen molar-refractivity contribution < 1.29 is 14.2 Å². The van der Waals surface area contributed by atoms with E-state index in [1.54, 1.807) is 12.1 Å². The molecule has 150 valence electrons. The first kappa shape index (κ1) is 23.3. The first-order valence-electron chi connectivity index (χ1n) is 7.66. The lowest BCUT2D eigenvalue weighted by Gasteiger charge is -2.12. The van der Waals surface area contributed by atoms with Crippen molar-refractivity contribution in [1.82, 2.24) is 10.2 Å². The molecule has 2 aromatic carbocycles. The van der Waals surface area contributed by atoms with Crippen molar-refractivity contribution in [3.8, 4) is 26.9 Å². The predicted molar refractivity (Wildman–Crippen MR) is 116 cm³/mol. The van der Waals surface area contributed by atoms with Crippen LogP contribution in [0.15, 0.2) is 34.8 Å². The van der Waals surface area contributed by atoms with Crippen LogP contribution in [0, 0.1) is 5.82 Å². The SMILES string of the molecule is Cl.N[C@H](CO)COc1cc(Cl)c(-c2nnc(-c3cc(Cl)cc(Br)c3)s2)cc1F. The molecule has 0 aliphatic carbocycles. The highest BCUT2D eigenvalue weighted by atomic mass is 79.9. The Bertz CT molecular complexity index is 957. The van der Waals surface area contributed by atoms with Crippen LogP contribution in [0.1, 0.15) is 0 Å². The van der Waals surface area contributed by atoms with E-state index in [4.69, 9.17) is 38.8 Å². The molecule has 1 heterocycles. The van der Waals surface area contributed by atoms with Crippen molar-refractivity contribution in [2.75, 3.05) is 13.2 Å². The van der Waals surface area contributed by atoms with Gasteiger partial charge in [-0.2, -0.15) is 0 Å². The smallest absolute Gasteiger partial charge is 0.165 e. The third kappa shape index (κ3) is 5.54. The molecule has 0 saturated carbocycles. The van der Waals surface area contributed by atoms with Gasteiger partial charge in [0, 0.05) is 26.7 Å². The molecule has 11 heteroatoms. The highest BCUT2D eigenvalue weighted by Gasteiger charge is 2.17. The molecule has 0 radical (unpaired) electrons. The molecule has 1 aromatic heterocycles. The zero-order valence-electron chi connectivity index (χ0n) is 14.0. The number of hydrogen-bond acceptors (Lipinski definition) is 6. The van der Waals surface area contributed by atoms with Crippen molar-refractivity contribution in [3.05, 3.63) is 50.7 Å². The minimum Gasteiger partial charge on any atom is -0.489 e. The molecule has 5 nitrogen and oxygen atoms in total. The number of rotatable bonds is 6. The average Bonchev–Trinajstić information content (AvgIpc) is 3.10. The molecule has 3 N–H and O–H groups in total. The Kier molecular flexibility index (Phi) is 8.44. The summed E-state index contributed by atoms with van der Waals surface area (Å²) in [5.41, 5.74) is 6.73. The third-order valence-electron chi connectivity index (χ3n) is 3.47. The third-order valence-corrected chi connectivity index (χ3v) is 5.47. The summed E-state index contributed by atoms with van der Waals surface area (Å²) in [6.45, 7) is -0.295. The van der Waals surface area contributed by atoms with E-state index in [-0.39, 0.29) is 36.4 Å². The van der Waals surface area contributed by atoms with Gasteiger partial charge in [0.15, 0.2) is 11.6 Å². The molecule has 0 saturated heterocycles. The number of aromatic nitrogens is 2. The fourth-order valence-electron chi connectivity index (χ4n) is 2.18. The normalized spacial score (nSPS) is 11.8. The van der Waals surface area contributed by atoms with Crippen LogP contribution in [0.2, 0.25) is 10.0 Å². The predicted octanol–water partition coefficient (Wildman–Crippen LogP) is 5.20. The topological polar surface area (TPSA) is 81.3 Å². The molecule has 3 rings (SSSR count). The molecule has 0 aliphatic heterocycles. The number of nitrogens with two attached hydrogens (primary N) is 1. The molecule has 0 unspecified atom stereocenters. The van der Waals surface area contributed by atoms with Crippen molar-refractivity contribution in [1.29, 1.82) is 0 Å². The highest BCUT2D eigenvalue weighted by Crippen LogP contribution is 2.38. The molecular formula is C17H14BrCl3FN3O2S. The summed E-state index contributed by atoms with van der Waals surface area (Å²) in [5, 5.41) is 19.1. The summed E-state index contributed by atoms with van der Waals surface area (Å²) in [5.74, 6) is -0.655. The molecule has 0 fully saturated rings. The largest absolute Gasteiger partial charge is 0.489 e. The van der Waals surface area contributed by atoms with E-state index in [1.165, 1.54) is 23.5 Å². The van der Waals surface area contributed by atoms with Crippen LogP contribution in [-0.2, 0) is 0 Å². The maximum atomic E-state index is 14.4. The molecular weight excluding hydrogens is 516 g/mol. The molecule has 1 atom stereocenters. The van der Waals surface area contributed by atoms with Crippen LogP contribution in [0.3, 0.4) is 0 Å². The number of hydrogen-bond donors (Lipinski definition) is 2. The quantitative estimate of drug-likeness (QED) is 0.459. The van der Waals surface area contributed by atoms with Crippen molar-refractivity contribution >= 4 is 62.9 Å². The van der Waals surface area contributed by atoms with Crippen molar-refractivity contribution in [3.63, 3.8) is 0 Å². The lowest BCUT2D eigenvalue weighted by molar-refractivity contribution is 0.202. The van der Waals surface area contributed by atoms with Crippen LogP contribution in [0.5, 0.6) is 5.75 Å². The summed E-state index contributed by atoms with van der Waals surface area (Å²) < 4.78 is 20.4. The second-order valence-corrected chi connectivity index (χ2v) is 8.32. The summed E-state index contributed by atoms with van der Waals surface area (Å²) >= 11 is 17.0. The monoisotopic (exact) mass is 527 g/mol. The summed E-state index contributed by atoms with van der Waals surface area (Å²) in [6, 6.07) is 7.37. The van der Waals surface area contributed by atoms with Crippen LogP contribution in [0.25, 0.3) is 21.1 Å². The standard InChI is InChI=1S/C17H13BrCl2FN3O2S.ClH/c18-9-1-8(2-10(19)3-9)16-23-24-17(27-16)12-4-14(21)15(5-13(12)20)26-7-11(22)6-25;/h1-5,11,25H,6-7,22H2;1H/t11-;/m1./s1. The van der Waals surface area contributed by atoms with Crippen LogP contribution in [-0.4, -0.2) is 34.6 Å². The fraction of sp³-hybridized carbons (Fsp3) is 0.176. The Morgan fingerprint density at radius 2 is 1.89 bits per heavy atom. The van der Waals surface area contributed by atoms with Gasteiger partial charge in [-0.3, -0.25) is 0 Å². The fourth-order valence-corrected chi connectivity index (χ4v) is 4.20. The Morgan fingerprint density at radius 3 is 2.57 bits per heavy atom. The van der Waals surface area contributed by atoms with Gasteiger partial charge in [-0.1, -0.05) is 50.5 Å². The van der Waals surface area contributed by atoms with Crippen molar-refractivity contribution in [2.24, 2.45) is 5.73 Å². The Labute approximate surface area is 189 Å². The molecule has 0 aliphatic rings. The second-order valence-electron chi connectivity index (χ2n) is 5.59. The van der Waals surface area contributed by atoms with Gasteiger partial charge in [0.25, 0.3) is 0 Å². The van der Waals surface area contributed by atoms with Gasteiger partial charge < -0.3 is 15.6 Å². The molecule has 28 heavy (non-hydrogen) atoms. The lowest BCUT2D eigenvalue weighted by Crippen LogP contribution is -2.31. The van der Waals surface area contributed by atoms with Gasteiger partial charge in [0.2, 0.25) is 0 Å². The Hall–Kier alpha value is -1.000.